The standard InChI is InChI=1S/C24H19ClN2O5S/c1-16-4-3-5-22(25)23(16)27-24(28)18(15-26)14-17-6-8-20(9-7-17)32-33(29,30)21-12-10-19(31-2)11-13-21/h3-14H,1-2H3,(H,27,28)/b18-14+. The molecule has 3 rings (SSSR count). The van der Waals surface area contributed by atoms with E-state index in [0.717, 1.165) is 5.56 Å². The van der Waals surface area contributed by atoms with Gasteiger partial charge in [-0.3, -0.25) is 4.79 Å². The van der Waals surface area contributed by atoms with Crippen molar-refractivity contribution in [3.63, 3.8) is 0 Å². The van der Waals surface area contributed by atoms with Crippen molar-refractivity contribution >= 4 is 39.4 Å². The highest BCUT2D eigenvalue weighted by molar-refractivity contribution is 7.87. The Labute approximate surface area is 197 Å². The lowest BCUT2D eigenvalue weighted by atomic mass is 10.1. The maximum atomic E-state index is 12.5. The fourth-order valence-electron chi connectivity index (χ4n) is 2.82. The summed E-state index contributed by atoms with van der Waals surface area (Å²) in [4.78, 5) is 12.5. The molecular weight excluding hydrogens is 464 g/mol. The number of aryl methyl sites for hydroxylation is 1. The predicted molar refractivity (Wildman–Crippen MR) is 126 cm³/mol. The van der Waals surface area contributed by atoms with Gasteiger partial charge in [0, 0.05) is 0 Å². The molecule has 0 atom stereocenters. The molecule has 0 fully saturated rings. The van der Waals surface area contributed by atoms with Crippen LogP contribution < -0.4 is 14.2 Å². The highest BCUT2D eigenvalue weighted by Gasteiger charge is 2.17. The molecule has 1 N–H and O–H groups in total. The van der Waals surface area contributed by atoms with Crippen molar-refractivity contribution in [3.8, 4) is 17.6 Å². The van der Waals surface area contributed by atoms with Gasteiger partial charge >= 0.3 is 10.1 Å². The molecule has 0 aliphatic rings. The first-order chi connectivity index (χ1) is 15.7. The number of ether oxygens (including phenoxy) is 1. The van der Waals surface area contributed by atoms with Crippen molar-refractivity contribution < 1.29 is 22.1 Å². The second kappa shape index (κ2) is 10.2. The van der Waals surface area contributed by atoms with E-state index >= 15 is 0 Å². The summed E-state index contributed by atoms with van der Waals surface area (Å²) in [5.41, 5.74) is 1.55. The van der Waals surface area contributed by atoms with Crippen molar-refractivity contribution in [1.29, 1.82) is 5.26 Å². The van der Waals surface area contributed by atoms with Crippen LogP contribution in [0.25, 0.3) is 6.08 Å². The van der Waals surface area contributed by atoms with Crippen LogP contribution in [-0.2, 0) is 14.9 Å². The highest BCUT2D eigenvalue weighted by Crippen LogP contribution is 2.26. The number of benzene rings is 3. The van der Waals surface area contributed by atoms with Crippen molar-refractivity contribution in [3.05, 3.63) is 88.5 Å². The number of carbonyl (C=O) groups excluding carboxylic acids is 1. The monoisotopic (exact) mass is 482 g/mol. The zero-order valence-electron chi connectivity index (χ0n) is 17.7. The van der Waals surface area contributed by atoms with E-state index in [9.17, 15) is 18.5 Å². The number of nitrogens with zero attached hydrogens (tertiary/aromatic N) is 1. The Hall–Kier alpha value is -3.80. The highest BCUT2D eigenvalue weighted by atomic mass is 35.5. The van der Waals surface area contributed by atoms with Gasteiger partial charge in [0.1, 0.15) is 28.0 Å². The first kappa shape index (κ1) is 23.9. The van der Waals surface area contributed by atoms with Gasteiger partial charge in [-0.15, -0.1) is 0 Å². The van der Waals surface area contributed by atoms with Gasteiger partial charge in [-0.25, -0.2) is 0 Å². The number of para-hydroxylation sites is 1. The molecule has 3 aromatic carbocycles. The molecule has 168 valence electrons. The number of nitrogens with one attached hydrogen (secondary N) is 1. The maximum absolute atomic E-state index is 12.5. The Morgan fingerprint density at radius 2 is 1.67 bits per heavy atom. The molecule has 0 aliphatic carbocycles. The lowest BCUT2D eigenvalue weighted by Gasteiger charge is -2.10. The number of nitriles is 1. The number of hydrogen-bond donors (Lipinski definition) is 1. The summed E-state index contributed by atoms with van der Waals surface area (Å²) >= 11 is 6.12. The van der Waals surface area contributed by atoms with E-state index in [1.807, 2.05) is 6.07 Å². The van der Waals surface area contributed by atoms with Crippen LogP contribution in [0.2, 0.25) is 5.02 Å². The minimum Gasteiger partial charge on any atom is -0.497 e. The number of hydrogen-bond acceptors (Lipinski definition) is 6. The van der Waals surface area contributed by atoms with Gasteiger partial charge in [-0.2, -0.15) is 13.7 Å². The van der Waals surface area contributed by atoms with Crippen LogP contribution in [0.4, 0.5) is 5.69 Å². The zero-order chi connectivity index (χ0) is 24.0. The van der Waals surface area contributed by atoms with E-state index in [2.05, 4.69) is 5.32 Å². The Bertz CT molecular complexity index is 1320. The van der Waals surface area contributed by atoms with E-state index in [1.54, 1.807) is 25.1 Å². The molecule has 0 unspecified atom stereocenters. The maximum Gasteiger partial charge on any atom is 0.339 e. The molecule has 9 heteroatoms. The molecule has 0 aromatic heterocycles. The second-order valence-electron chi connectivity index (χ2n) is 6.84. The quantitative estimate of drug-likeness (QED) is 0.289. The summed E-state index contributed by atoms with van der Waals surface area (Å²) in [5, 5.41) is 12.4. The van der Waals surface area contributed by atoms with Crippen LogP contribution in [-0.4, -0.2) is 21.4 Å². The van der Waals surface area contributed by atoms with Gasteiger partial charge in [-0.1, -0.05) is 35.9 Å². The van der Waals surface area contributed by atoms with E-state index in [-0.39, 0.29) is 16.2 Å². The Morgan fingerprint density at radius 1 is 1.03 bits per heavy atom. The molecule has 0 spiro atoms. The van der Waals surface area contributed by atoms with Gasteiger partial charge in [-0.05, 0) is 66.6 Å². The van der Waals surface area contributed by atoms with Crippen molar-refractivity contribution in [2.75, 3.05) is 12.4 Å². The van der Waals surface area contributed by atoms with Crippen molar-refractivity contribution in [2.24, 2.45) is 0 Å². The molecular formula is C24H19ClN2O5S. The first-order valence-corrected chi connectivity index (χ1v) is 11.4. The van der Waals surface area contributed by atoms with E-state index in [0.29, 0.717) is 22.0 Å². The Morgan fingerprint density at radius 3 is 2.24 bits per heavy atom. The molecule has 0 aliphatic heterocycles. The topological polar surface area (TPSA) is 105 Å². The van der Waals surface area contributed by atoms with Crippen LogP contribution >= 0.6 is 11.6 Å². The van der Waals surface area contributed by atoms with Gasteiger partial charge < -0.3 is 14.2 Å². The summed E-state index contributed by atoms with van der Waals surface area (Å²) in [5.74, 6) is -0.0131. The number of rotatable bonds is 7. The number of halogens is 1. The normalized spacial score (nSPS) is 11.4. The third-order valence-electron chi connectivity index (χ3n) is 4.57. The van der Waals surface area contributed by atoms with Gasteiger partial charge in [0.05, 0.1) is 17.8 Å². The Balaban J connectivity index is 1.75. The number of anilines is 1. The van der Waals surface area contributed by atoms with Crippen molar-refractivity contribution in [1.82, 2.24) is 0 Å². The van der Waals surface area contributed by atoms with Crippen LogP contribution in [0.1, 0.15) is 11.1 Å². The van der Waals surface area contributed by atoms with Crippen LogP contribution in [0, 0.1) is 18.3 Å². The number of amides is 1. The lowest BCUT2D eigenvalue weighted by Crippen LogP contribution is -2.14. The summed E-state index contributed by atoms with van der Waals surface area (Å²) in [6, 6.07) is 18.8. The molecule has 33 heavy (non-hydrogen) atoms. The van der Waals surface area contributed by atoms with Crippen LogP contribution in [0.5, 0.6) is 11.5 Å². The average Bonchev–Trinajstić information content (AvgIpc) is 2.80. The SMILES string of the molecule is COc1ccc(S(=O)(=O)Oc2ccc(/C=C(\C#N)C(=O)Nc3c(C)cccc3Cl)cc2)cc1. The molecule has 7 nitrogen and oxygen atoms in total. The summed E-state index contributed by atoms with van der Waals surface area (Å²) in [7, 11) is -2.55. The molecule has 3 aromatic rings. The Kier molecular flexibility index (Phi) is 7.38. The molecule has 1 amide bonds. The van der Waals surface area contributed by atoms with E-state index in [4.69, 9.17) is 20.5 Å². The van der Waals surface area contributed by atoms with Gasteiger partial charge in [0.25, 0.3) is 5.91 Å². The largest absolute Gasteiger partial charge is 0.497 e. The smallest absolute Gasteiger partial charge is 0.339 e. The van der Waals surface area contributed by atoms with Crippen LogP contribution in [0.3, 0.4) is 0 Å². The summed E-state index contributed by atoms with van der Waals surface area (Å²) < 4.78 is 35.1. The fourth-order valence-corrected chi connectivity index (χ4v) is 4.02. The third kappa shape index (κ3) is 5.92. The average molecular weight is 483 g/mol. The number of methoxy groups -OCH3 is 1. The molecule has 0 heterocycles. The molecule has 0 radical (unpaired) electrons. The van der Waals surface area contributed by atoms with Gasteiger partial charge in [0.2, 0.25) is 0 Å². The minimum absolute atomic E-state index is 0.0226. The number of carbonyl (C=O) groups is 1. The summed E-state index contributed by atoms with van der Waals surface area (Å²) in [6.07, 6.45) is 1.38. The first-order valence-electron chi connectivity index (χ1n) is 9.60. The second-order valence-corrected chi connectivity index (χ2v) is 8.79. The molecule has 0 saturated carbocycles. The van der Waals surface area contributed by atoms with Gasteiger partial charge in [0.15, 0.2) is 0 Å². The van der Waals surface area contributed by atoms with Crippen molar-refractivity contribution in [2.45, 2.75) is 11.8 Å². The van der Waals surface area contributed by atoms with E-state index < -0.39 is 16.0 Å². The minimum atomic E-state index is -4.04. The van der Waals surface area contributed by atoms with E-state index in [1.165, 1.54) is 61.7 Å². The third-order valence-corrected chi connectivity index (χ3v) is 6.15. The lowest BCUT2D eigenvalue weighted by molar-refractivity contribution is -0.112. The summed E-state index contributed by atoms with van der Waals surface area (Å²) in [6.45, 7) is 1.79. The zero-order valence-corrected chi connectivity index (χ0v) is 19.3. The molecule has 0 bridgehead atoms. The fraction of sp³-hybridized carbons (Fsp3) is 0.0833. The van der Waals surface area contributed by atoms with Crippen LogP contribution in [0.15, 0.2) is 77.2 Å². The predicted octanol–water partition coefficient (Wildman–Crippen LogP) is 4.97. The molecule has 0 saturated heterocycles.